The molecule has 0 heterocycles. The van der Waals surface area contributed by atoms with E-state index in [9.17, 15) is 0 Å². The fourth-order valence-electron chi connectivity index (χ4n) is 1.77. The summed E-state index contributed by atoms with van der Waals surface area (Å²) in [6.07, 6.45) is 2.76. The van der Waals surface area contributed by atoms with Gasteiger partial charge in [0.2, 0.25) is 0 Å². The molecule has 90 valence electrons. The van der Waals surface area contributed by atoms with Gasteiger partial charge in [-0.1, -0.05) is 30.0 Å². The third-order valence-electron chi connectivity index (χ3n) is 3.03. The summed E-state index contributed by atoms with van der Waals surface area (Å²) in [5.74, 6) is 6.28. The molecule has 0 aliphatic heterocycles. The third-order valence-corrected chi connectivity index (χ3v) is 3.03. The molecule has 2 rings (SSSR count). The molecule has 0 spiro atoms. The van der Waals surface area contributed by atoms with Crippen LogP contribution in [0.4, 0.5) is 0 Å². The largest absolute Gasteiger partial charge is 0.305 e. The highest BCUT2D eigenvalue weighted by atomic mass is 15.2. The summed E-state index contributed by atoms with van der Waals surface area (Å²) in [7, 11) is 2.20. The van der Waals surface area contributed by atoms with Gasteiger partial charge in [0.15, 0.2) is 0 Å². The Morgan fingerprint density at radius 3 is 2.76 bits per heavy atom. The lowest BCUT2D eigenvalue weighted by Crippen LogP contribution is -2.30. The van der Waals surface area contributed by atoms with Crippen LogP contribution in [-0.2, 0) is 0 Å². The van der Waals surface area contributed by atoms with Gasteiger partial charge in [-0.25, -0.2) is 0 Å². The summed E-state index contributed by atoms with van der Waals surface area (Å²) >= 11 is 0. The van der Waals surface area contributed by atoms with E-state index in [0.717, 1.165) is 31.2 Å². The Balaban J connectivity index is 1.58. The molecule has 0 unspecified atom stereocenters. The number of hydrogen-bond acceptors (Lipinski definition) is 2. The van der Waals surface area contributed by atoms with E-state index in [4.69, 9.17) is 0 Å². The summed E-state index contributed by atoms with van der Waals surface area (Å²) in [6.45, 7) is 2.92. The Hall–Kier alpha value is -1.30. The average Bonchev–Trinajstić information content (AvgIpc) is 3.19. The van der Waals surface area contributed by atoms with Gasteiger partial charge < -0.3 is 10.2 Å². The molecule has 1 saturated carbocycles. The fraction of sp³-hybridized carbons (Fsp3) is 0.467. The second kappa shape index (κ2) is 6.44. The van der Waals surface area contributed by atoms with E-state index in [1.807, 2.05) is 30.3 Å². The van der Waals surface area contributed by atoms with Gasteiger partial charge in [0.1, 0.15) is 0 Å². The van der Waals surface area contributed by atoms with Gasteiger partial charge in [-0.3, -0.25) is 0 Å². The lowest BCUT2D eigenvalue weighted by Gasteiger charge is -2.14. The molecule has 0 amide bonds. The van der Waals surface area contributed by atoms with Gasteiger partial charge in [0.05, 0.1) is 6.54 Å². The van der Waals surface area contributed by atoms with Crippen molar-refractivity contribution in [2.75, 3.05) is 26.7 Å². The van der Waals surface area contributed by atoms with Crippen LogP contribution >= 0.6 is 0 Å². The molecule has 1 aliphatic carbocycles. The van der Waals surface area contributed by atoms with Crippen LogP contribution in [0.1, 0.15) is 18.4 Å². The molecule has 0 bridgehead atoms. The maximum atomic E-state index is 3.35. The van der Waals surface area contributed by atoms with Crippen molar-refractivity contribution in [3.05, 3.63) is 35.9 Å². The summed E-state index contributed by atoms with van der Waals surface area (Å²) in [6, 6.07) is 11.0. The molecule has 0 atom stereocenters. The van der Waals surface area contributed by atoms with Gasteiger partial charge in [0, 0.05) is 24.7 Å². The Labute approximate surface area is 104 Å². The first-order chi connectivity index (χ1) is 8.36. The summed E-state index contributed by atoms with van der Waals surface area (Å²) in [5.41, 5.74) is 1.09. The van der Waals surface area contributed by atoms with Crippen LogP contribution in [0, 0.1) is 11.8 Å². The van der Waals surface area contributed by atoms with Crippen molar-refractivity contribution in [3.8, 4) is 11.8 Å². The topological polar surface area (TPSA) is 15.3 Å². The molecule has 0 aromatic heterocycles. The minimum absolute atomic E-state index is 0.771. The third kappa shape index (κ3) is 4.60. The minimum atomic E-state index is 0.771. The first-order valence-electron chi connectivity index (χ1n) is 6.31. The Bertz CT molecular complexity index is 384. The van der Waals surface area contributed by atoms with E-state index in [1.165, 1.54) is 12.8 Å². The van der Waals surface area contributed by atoms with Crippen molar-refractivity contribution in [1.82, 2.24) is 10.2 Å². The highest BCUT2D eigenvalue weighted by Gasteiger charge is 2.25. The Morgan fingerprint density at radius 2 is 2.06 bits per heavy atom. The van der Waals surface area contributed by atoms with Gasteiger partial charge in [-0.05, 0) is 32.0 Å². The predicted octanol–water partition coefficient (Wildman–Crippen LogP) is 1.72. The van der Waals surface area contributed by atoms with Gasteiger partial charge >= 0.3 is 0 Å². The molecule has 1 aromatic rings. The molecule has 1 N–H and O–H groups in total. The maximum Gasteiger partial charge on any atom is 0.0580 e. The Morgan fingerprint density at radius 1 is 1.29 bits per heavy atom. The first-order valence-corrected chi connectivity index (χ1v) is 6.31. The standard InChI is InChI=1S/C15H20N2/c1-17(15-9-10-15)13-12-16-11-5-8-14-6-3-2-4-7-14/h2-4,6-7,15-16H,9-13H2,1H3. The molecule has 1 aliphatic rings. The quantitative estimate of drug-likeness (QED) is 0.610. The number of likely N-dealkylation sites (N-methyl/N-ethyl adjacent to an activating group) is 1. The van der Waals surface area contributed by atoms with Crippen molar-refractivity contribution in [2.24, 2.45) is 0 Å². The van der Waals surface area contributed by atoms with Crippen molar-refractivity contribution in [1.29, 1.82) is 0 Å². The SMILES string of the molecule is CN(CCNCC#Cc1ccccc1)C1CC1. The van der Waals surface area contributed by atoms with E-state index in [2.05, 4.69) is 29.1 Å². The van der Waals surface area contributed by atoms with Gasteiger partial charge in [0.25, 0.3) is 0 Å². The lowest BCUT2D eigenvalue weighted by atomic mass is 10.2. The average molecular weight is 228 g/mol. The van der Waals surface area contributed by atoms with Crippen LogP contribution in [0.25, 0.3) is 0 Å². The summed E-state index contributed by atoms with van der Waals surface area (Å²) < 4.78 is 0. The molecular weight excluding hydrogens is 208 g/mol. The molecule has 2 heteroatoms. The van der Waals surface area contributed by atoms with Gasteiger partial charge in [-0.2, -0.15) is 0 Å². The van der Waals surface area contributed by atoms with Crippen LogP contribution in [0.3, 0.4) is 0 Å². The molecule has 0 saturated heterocycles. The molecule has 2 nitrogen and oxygen atoms in total. The van der Waals surface area contributed by atoms with Crippen molar-refractivity contribution in [2.45, 2.75) is 18.9 Å². The minimum Gasteiger partial charge on any atom is -0.305 e. The van der Waals surface area contributed by atoms with E-state index in [-0.39, 0.29) is 0 Å². The smallest absolute Gasteiger partial charge is 0.0580 e. The van der Waals surface area contributed by atoms with Crippen LogP contribution in [0.5, 0.6) is 0 Å². The van der Waals surface area contributed by atoms with E-state index >= 15 is 0 Å². The molecule has 1 aromatic carbocycles. The highest BCUT2D eigenvalue weighted by molar-refractivity contribution is 5.33. The summed E-state index contributed by atoms with van der Waals surface area (Å²) in [5, 5.41) is 3.35. The van der Waals surface area contributed by atoms with Crippen LogP contribution in [-0.4, -0.2) is 37.6 Å². The second-order valence-corrected chi connectivity index (χ2v) is 4.56. The van der Waals surface area contributed by atoms with Crippen molar-refractivity contribution < 1.29 is 0 Å². The molecular formula is C15H20N2. The van der Waals surface area contributed by atoms with Crippen LogP contribution in [0.2, 0.25) is 0 Å². The summed E-state index contributed by atoms with van der Waals surface area (Å²) in [4.78, 5) is 2.43. The zero-order chi connectivity index (χ0) is 11.9. The highest BCUT2D eigenvalue weighted by Crippen LogP contribution is 2.24. The van der Waals surface area contributed by atoms with E-state index in [0.29, 0.717) is 0 Å². The monoisotopic (exact) mass is 228 g/mol. The van der Waals surface area contributed by atoms with E-state index < -0.39 is 0 Å². The van der Waals surface area contributed by atoms with Crippen LogP contribution in [0.15, 0.2) is 30.3 Å². The zero-order valence-corrected chi connectivity index (χ0v) is 10.4. The molecule has 1 fully saturated rings. The van der Waals surface area contributed by atoms with E-state index in [1.54, 1.807) is 0 Å². The number of nitrogens with zero attached hydrogens (tertiary/aromatic N) is 1. The maximum absolute atomic E-state index is 3.35. The second-order valence-electron chi connectivity index (χ2n) is 4.56. The predicted molar refractivity (Wildman–Crippen MR) is 71.8 cm³/mol. The van der Waals surface area contributed by atoms with Crippen molar-refractivity contribution in [3.63, 3.8) is 0 Å². The Kier molecular flexibility index (Phi) is 4.61. The number of hydrogen-bond donors (Lipinski definition) is 1. The molecule has 0 radical (unpaired) electrons. The normalized spacial score (nSPS) is 14.5. The van der Waals surface area contributed by atoms with Gasteiger partial charge in [-0.15, -0.1) is 0 Å². The van der Waals surface area contributed by atoms with Crippen molar-refractivity contribution >= 4 is 0 Å². The number of nitrogens with one attached hydrogen (secondary N) is 1. The van der Waals surface area contributed by atoms with Crippen LogP contribution < -0.4 is 5.32 Å². The zero-order valence-electron chi connectivity index (χ0n) is 10.4. The fourth-order valence-corrected chi connectivity index (χ4v) is 1.77. The number of benzene rings is 1. The lowest BCUT2D eigenvalue weighted by molar-refractivity contribution is 0.324. The molecule has 17 heavy (non-hydrogen) atoms. The number of rotatable bonds is 5. The first kappa shape index (κ1) is 12.2.